The van der Waals surface area contributed by atoms with Gasteiger partial charge in [0, 0.05) is 19.1 Å². The fourth-order valence-electron chi connectivity index (χ4n) is 1.86. The first kappa shape index (κ1) is 15.2. The van der Waals surface area contributed by atoms with Crippen LogP contribution in [0.4, 0.5) is 5.69 Å². The molecule has 7 heteroatoms. The smallest absolute Gasteiger partial charge is 0.274 e. The van der Waals surface area contributed by atoms with Crippen LogP contribution in [0.15, 0.2) is 30.5 Å². The minimum Gasteiger partial charge on any atom is -0.492 e. The number of hydrogen-bond donors (Lipinski definition) is 1. The van der Waals surface area contributed by atoms with Gasteiger partial charge in [-0.2, -0.15) is 5.10 Å². The van der Waals surface area contributed by atoms with Gasteiger partial charge in [0.15, 0.2) is 0 Å². The summed E-state index contributed by atoms with van der Waals surface area (Å²) in [5.41, 5.74) is 6.48. The van der Waals surface area contributed by atoms with Gasteiger partial charge in [-0.25, -0.2) is 0 Å². The summed E-state index contributed by atoms with van der Waals surface area (Å²) in [7, 11) is 3.37. The summed E-state index contributed by atoms with van der Waals surface area (Å²) in [4.78, 5) is 13.8. The van der Waals surface area contributed by atoms with E-state index in [1.807, 2.05) is 12.1 Å². The number of amides is 1. The number of nitrogens with two attached hydrogens (primary N) is 1. The number of aromatic nitrogens is 2. The van der Waals surface area contributed by atoms with Crippen molar-refractivity contribution in [1.82, 2.24) is 14.7 Å². The molecule has 0 aliphatic rings. The minimum atomic E-state index is -0.192. The summed E-state index contributed by atoms with van der Waals surface area (Å²) in [5.74, 6) is 0.477. The third-order valence-electron chi connectivity index (χ3n) is 3.01. The van der Waals surface area contributed by atoms with Crippen molar-refractivity contribution in [1.29, 1.82) is 0 Å². The summed E-state index contributed by atoms with van der Waals surface area (Å²) in [5, 5.41) is 4.57. The lowest BCUT2D eigenvalue weighted by Gasteiger charge is -2.18. The second-order valence-electron chi connectivity index (χ2n) is 4.60. The third-order valence-corrected chi connectivity index (χ3v) is 3.24. The molecule has 2 N–H and O–H groups in total. The summed E-state index contributed by atoms with van der Waals surface area (Å²) in [6.07, 6.45) is 1.46. The van der Waals surface area contributed by atoms with Crippen molar-refractivity contribution >= 4 is 23.2 Å². The molecule has 2 rings (SSSR count). The molecule has 0 spiro atoms. The molecule has 0 saturated carbocycles. The van der Waals surface area contributed by atoms with E-state index in [2.05, 4.69) is 5.10 Å². The van der Waals surface area contributed by atoms with Crippen molar-refractivity contribution in [3.63, 3.8) is 0 Å². The van der Waals surface area contributed by atoms with Crippen LogP contribution in [0, 0.1) is 0 Å². The number of nitrogen functional groups attached to an aromatic ring is 1. The van der Waals surface area contributed by atoms with E-state index in [1.165, 1.54) is 15.8 Å². The standard InChI is InChI=1S/C14H17ClN4O2/c1-18(14(20)13-12(16)9-17-19(13)2)6-7-21-11-5-3-4-10(15)8-11/h3-5,8-9H,6-7,16H2,1-2H3. The van der Waals surface area contributed by atoms with Gasteiger partial charge < -0.3 is 15.4 Å². The Kier molecular flexibility index (Phi) is 4.70. The number of nitrogens with zero attached hydrogens (tertiary/aromatic N) is 3. The van der Waals surface area contributed by atoms with Crippen LogP contribution in [0.5, 0.6) is 5.75 Å². The predicted octanol–water partition coefficient (Wildman–Crippen LogP) is 1.81. The molecule has 6 nitrogen and oxygen atoms in total. The normalized spacial score (nSPS) is 10.4. The van der Waals surface area contributed by atoms with Gasteiger partial charge in [0.2, 0.25) is 0 Å². The van der Waals surface area contributed by atoms with Crippen LogP contribution in [0.25, 0.3) is 0 Å². The average molecular weight is 309 g/mol. The Morgan fingerprint density at radius 1 is 1.52 bits per heavy atom. The first-order valence-electron chi connectivity index (χ1n) is 6.40. The largest absolute Gasteiger partial charge is 0.492 e. The number of anilines is 1. The highest BCUT2D eigenvalue weighted by Crippen LogP contribution is 2.17. The minimum absolute atomic E-state index is 0.192. The Morgan fingerprint density at radius 2 is 2.29 bits per heavy atom. The molecule has 1 heterocycles. The lowest BCUT2D eigenvalue weighted by Crippen LogP contribution is -2.32. The van der Waals surface area contributed by atoms with Gasteiger partial charge in [-0.05, 0) is 18.2 Å². The number of aryl methyl sites for hydroxylation is 1. The van der Waals surface area contributed by atoms with Gasteiger partial charge in [0.25, 0.3) is 5.91 Å². The van der Waals surface area contributed by atoms with Gasteiger partial charge >= 0.3 is 0 Å². The van der Waals surface area contributed by atoms with Gasteiger partial charge in [-0.3, -0.25) is 9.48 Å². The molecule has 0 radical (unpaired) electrons. The van der Waals surface area contributed by atoms with E-state index in [0.717, 1.165) is 0 Å². The van der Waals surface area contributed by atoms with E-state index < -0.39 is 0 Å². The maximum absolute atomic E-state index is 12.3. The second kappa shape index (κ2) is 6.49. The lowest BCUT2D eigenvalue weighted by molar-refractivity contribution is 0.0764. The zero-order valence-electron chi connectivity index (χ0n) is 11.9. The van der Waals surface area contributed by atoms with Gasteiger partial charge in [0.05, 0.1) is 18.4 Å². The van der Waals surface area contributed by atoms with Crippen LogP contribution in [0.1, 0.15) is 10.5 Å². The fourth-order valence-corrected chi connectivity index (χ4v) is 2.04. The third kappa shape index (κ3) is 3.66. The first-order chi connectivity index (χ1) is 9.99. The van der Waals surface area contributed by atoms with Crippen molar-refractivity contribution in [2.75, 3.05) is 25.9 Å². The molecule has 0 saturated heterocycles. The van der Waals surface area contributed by atoms with Crippen molar-refractivity contribution < 1.29 is 9.53 Å². The highest BCUT2D eigenvalue weighted by molar-refractivity contribution is 6.30. The van der Waals surface area contributed by atoms with E-state index in [1.54, 1.807) is 26.2 Å². The van der Waals surface area contributed by atoms with E-state index in [9.17, 15) is 4.79 Å². The lowest BCUT2D eigenvalue weighted by atomic mass is 10.3. The van der Waals surface area contributed by atoms with Crippen LogP contribution in [0.3, 0.4) is 0 Å². The predicted molar refractivity (Wildman–Crippen MR) is 81.5 cm³/mol. The van der Waals surface area contributed by atoms with Crippen LogP contribution >= 0.6 is 11.6 Å². The highest BCUT2D eigenvalue weighted by atomic mass is 35.5. The molecule has 0 aliphatic carbocycles. The number of hydrogen-bond acceptors (Lipinski definition) is 4. The zero-order chi connectivity index (χ0) is 15.4. The van der Waals surface area contributed by atoms with Gasteiger partial charge in [0.1, 0.15) is 18.1 Å². The summed E-state index contributed by atoms with van der Waals surface area (Å²) in [6, 6.07) is 7.12. The molecule has 1 amide bonds. The van der Waals surface area contributed by atoms with E-state index in [0.29, 0.717) is 35.3 Å². The Balaban J connectivity index is 1.90. The molecule has 0 atom stereocenters. The van der Waals surface area contributed by atoms with E-state index in [-0.39, 0.29) is 5.91 Å². The highest BCUT2D eigenvalue weighted by Gasteiger charge is 2.18. The Labute approximate surface area is 128 Å². The Morgan fingerprint density at radius 3 is 2.90 bits per heavy atom. The van der Waals surface area contributed by atoms with Crippen LogP contribution in [-0.2, 0) is 7.05 Å². The zero-order valence-corrected chi connectivity index (χ0v) is 12.7. The number of carbonyl (C=O) groups is 1. The topological polar surface area (TPSA) is 73.4 Å². The molecule has 0 aliphatic heterocycles. The van der Waals surface area contributed by atoms with Gasteiger partial charge in [-0.1, -0.05) is 17.7 Å². The first-order valence-corrected chi connectivity index (χ1v) is 6.78. The van der Waals surface area contributed by atoms with E-state index in [4.69, 9.17) is 22.1 Å². The van der Waals surface area contributed by atoms with Crippen molar-refractivity contribution in [2.45, 2.75) is 0 Å². The number of benzene rings is 1. The quantitative estimate of drug-likeness (QED) is 0.914. The average Bonchev–Trinajstić information content (AvgIpc) is 2.77. The summed E-state index contributed by atoms with van der Waals surface area (Å²) in [6.45, 7) is 0.788. The van der Waals surface area contributed by atoms with E-state index >= 15 is 0 Å². The molecule has 0 bridgehead atoms. The Hall–Kier alpha value is -2.21. The molecule has 0 fully saturated rings. The Bertz CT molecular complexity index is 622. The maximum atomic E-state index is 12.3. The number of likely N-dealkylation sites (N-methyl/N-ethyl adjacent to an activating group) is 1. The molecule has 21 heavy (non-hydrogen) atoms. The van der Waals surface area contributed by atoms with Crippen molar-refractivity contribution in [2.24, 2.45) is 7.05 Å². The number of carbonyl (C=O) groups excluding carboxylic acids is 1. The summed E-state index contributed by atoms with van der Waals surface area (Å²) < 4.78 is 7.02. The van der Waals surface area contributed by atoms with Crippen LogP contribution in [0.2, 0.25) is 5.02 Å². The van der Waals surface area contributed by atoms with Crippen molar-refractivity contribution in [3.8, 4) is 5.75 Å². The molecule has 1 aromatic heterocycles. The number of halogens is 1. The molecular formula is C14H17ClN4O2. The fraction of sp³-hybridized carbons (Fsp3) is 0.286. The number of rotatable bonds is 5. The molecular weight excluding hydrogens is 292 g/mol. The molecule has 1 aromatic carbocycles. The second-order valence-corrected chi connectivity index (χ2v) is 5.04. The number of ether oxygens (including phenoxy) is 1. The maximum Gasteiger partial charge on any atom is 0.274 e. The molecule has 0 unspecified atom stereocenters. The SMILES string of the molecule is CN(CCOc1cccc(Cl)c1)C(=O)c1c(N)cnn1C. The monoisotopic (exact) mass is 308 g/mol. The van der Waals surface area contributed by atoms with Crippen molar-refractivity contribution in [3.05, 3.63) is 41.2 Å². The van der Waals surface area contributed by atoms with Crippen LogP contribution in [-0.4, -0.2) is 40.8 Å². The summed E-state index contributed by atoms with van der Waals surface area (Å²) >= 11 is 5.87. The van der Waals surface area contributed by atoms with Gasteiger partial charge in [-0.15, -0.1) is 0 Å². The van der Waals surface area contributed by atoms with Crippen LogP contribution < -0.4 is 10.5 Å². The molecule has 2 aromatic rings. The molecule has 112 valence electrons.